The Morgan fingerprint density at radius 2 is 2.33 bits per heavy atom. The highest BCUT2D eigenvalue weighted by Crippen LogP contribution is 1.89. The molecular weight excluding hydrogens is 76.1 g/mol. The molecule has 0 amide bonds. The number of aliphatic hydroxyl groups is 1. The summed E-state index contributed by atoms with van der Waals surface area (Å²) in [6.07, 6.45) is 2.58. The third-order valence-corrected chi connectivity index (χ3v) is 0.577. The second kappa shape index (κ2) is 3.16. The Balaban J connectivity index is 2.63. The molecule has 0 aromatic rings. The van der Waals surface area contributed by atoms with Crippen molar-refractivity contribution in [3.05, 3.63) is 6.42 Å². The van der Waals surface area contributed by atoms with Gasteiger partial charge in [0.25, 0.3) is 0 Å². The van der Waals surface area contributed by atoms with E-state index in [-0.39, 0.29) is 6.10 Å². The maximum atomic E-state index is 8.50. The van der Waals surface area contributed by atoms with Gasteiger partial charge in [0.05, 0.1) is 6.10 Å². The normalized spacial score (nSPS) is 14.5. The third-order valence-electron chi connectivity index (χ3n) is 0.577. The van der Waals surface area contributed by atoms with Gasteiger partial charge in [-0.2, -0.15) is 0 Å². The average molecular weight is 87.1 g/mol. The van der Waals surface area contributed by atoms with Gasteiger partial charge in [-0.15, -0.1) is 0 Å². The summed E-state index contributed by atoms with van der Waals surface area (Å²) >= 11 is 0. The van der Waals surface area contributed by atoms with E-state index < -0.39 is 0 Å². The highest BCUT2D eigenvalue weighted by molar-refractivity contribution is 4.66. The fourth-order valence-corrected chi connectivity index (χ4v) is 0.341. The molecule has 1 N–H and O–H groups in total. The Morgan fingerprint density at radius 1 is 1.83 bits per heavy atom. The van der Waals surface area contributed by atoms with Crippen molar-refractivity contribution in [2.24, 2.45) is 0 Å². The van der Waals surface area contributed by atoms with Crippen LogP contribution < -0.4 is 0 Å². The van der Waals surface area contributed by atoms with Crippen molar-refractivity contribution in [3.8, 4) is 0 Å². The quantitative estimate of drug-likeness (QED) is 0.532. The molecule has 0 bridgehead atoms. The van der Waals surface area contributed by atoms with Gasteiger partial charge in [-0.3, -0.25) is 0 Å². The van der Waals surface area contributed by atoms with Crippen LogP contribution in [-0.4, -0.2) is 11.2 Å². The summed E-state index contributed by atoms with van der Waals surface area (Å²) in [5, 5.41) is 8.50. The molecule has 6 heavy (non-hydrogen) atoms. The van der Waals surface area contributed by atoms with Crippen LogP contribution in [0.3, 0.4) is 0 Å². The molecule has 37 valence electrons. The molecule has 0 aromatic heterocycles. The topological polar surface area (TPSA) is 20.2 Å². The smallest absolute Gasteiger partial charge is 0.0543 e. The second-order valence-electron chi connectivity index (χ2n) is 1.38. The van der Waals surface area contributed by atoms with Crippen molar-refractivity contribution in [2.45, 2.75) is 26.4 Å². The minimum Gasteiger partial charge on any atom is -0.393 e. The molecule has 1 atom stereocenters. The standard InChI is InChI=1S/C5H11O/c1-3-4-5(2)6/h4-6H,3H2,1-2H3/t5-/m0/s1. The number of hydrogen-bond acceptors (Lipinski definition) is 1. The van der Waals surface area contributed by atoms with Crippen LogP contribution in [-0.2, 0) is 0 Å². The van der Waals surface area contributed by atoms with Crippen molar-refractivity contribution in [3.63, 3.8) is 0 Å². The van der Waals surface area contributed by atoms with Crippen molar-refractivity contribution >= 4 is 0 Å². The summed E-state index contributed by atoms with van der Waals surface area (Å²) in [5.74, 6) is 0. The van der Waals surface area contributed by atoms with Crippen molar-refractivity contribution < 1.29 is 5.11 Å². The Kier molecular flexibility index (Phi) is 3.14. The lowest BCUT2D eigenvalue weighted by atomic mass is 10.2. The largest absolute Gasteiger partial charge is 0.393 e. The van der Waals surface area contributed by atoms with Crippen molar-refractivity contribution in [1.82, 2.24) is 0 Å². The minimum absolute atomic E-state index is 0.227. The van der Waals surface area contributed by atoms with Gasteiger partial charge in [-0.05, 0) is 13.3 Å². The lowest BCUT2D eigenvalue weighted by Crippen LogP contribution is -1.97. The Bertz CT molecular complexity index is 25.1. The molecule has 0 fully saturated rings. The van der Waals surface area contributed by atoms with Crippen LogP contribution in [0.15, 0.2) is 0 Å². The Morgan fingerprint density at radius 3 is 2.33 bits per heavy atom. The van der Waals surface area contributed by atoms with Gasteiger partial charge in [0.15, 0.2) is 0 Å². The van der Waals surface area contributed by atoms with E-state index in [1.807, 2.05) is 13.3 Å². The molecule has 1 nitrogen and oxygen atoms in total. The van der Waals surface area contributed by atoms with Gasteiger partial charge in [0, 0.05) is 0 Å². The van der Waals surface area contributed by atoms with Crippen LogP contribution >= 0.6 is 0 Å². The molecule has 0 rings (SSSR count). The molecule has 0 spiro atoms. The summed E-state index contributed by atoms with van der Waals surface area (Å²) in [6.45, 7) is 3.76. The second-order valence-corrected chi connectivity index (χ2v) is 1.38. The summed E-state index contributed by atoms with van der Waals surface area (Å²) < 4.78 is 0. The van der Waals surface area contributed by atoms with Gasteiger partial charge in [0.2, 0.25) is 0 Å². The van der Waals surface area contributed by atoms with Crippen LogP contribution in [0, 0.1) is 6.42 Å². The predicted molar refractivity (Wildman–Crippen MR) is 26.3 cm³/mol. The highest BCUT2D eigenvalue weighted by atomic mass is 16.3. The molecule has 0 aromatic carbocycles. The fraction of sp³-hybridized carbons (Fsp3) is 0.800. The lowest BCUT2D eigenvalue weighted by Gasteiger charge is -1.94. The van der Waals surface area contributed by atoms with E-state index in [1.54, 1.807) is 6.92 Å². The number of aliphatic hydroxyl groups excluding tert-OH is 1. The van der Waals surface area contributed by atoms with Gasteiger partial charge >= 0.3 is 0 Å². The molecule has 0 aliphatic heterocycles. The van der Waals surface area contributed by atoms with Crippen LogP contribution in [0.5, 0.6) is 0 Å². The van der Waals surface area contributed by atoms with Crippen LogP contribution in [0.1, 0.15) is 20.3 Å². The molecular formula is C5H11O. The Labute approximate surface area is 39.0 Å². The maximum absolute atomic E-state index is 8.50. The Hall–Kier alpha value is -0.0400. The number of rotatable bonds is 2. The van der Waals surface area contributed by atoms with E-state index in [0.29, 0.717) is 0 Å². The monoisotopic (exact) mass is 87.1 g/mol. The van der Waals surface area contributed by atoms with E-state index in [0.717, 1.165) is 6.42 Å². The van der Waals surface area contributed by atoms with Gasteiger partial charge in [-0.25, -0.2) is 0 Å². The van der Waals surface area contributed by atoms with Gasteiger partial charge in [0.1, 0.15) is 0 Å². The zero-order chi connectivity index (χ0) is 4.99. The number of hydrogen-bond donors (Lipinski definition) is 1. The summed E-state index contributed by atoms with van der Waals surface area (Å²) in [7, 11) is 0. The first-order valence-corrected chi connectivity index (χ1v) is 2.28. The zero-order valence-electron chi connectivity index (χ0n) is 4.31. The first-order chi connectivity index (χ1) is 2.77. The van der Waals surface area contributed by atoms with Crippen LogP contribution in [0.4, 0.5) is 0 Å². The van der Waals surface area contributed by atoms with Crippen molar-refractivity contribution in [2.75, 3.05) is 0 Å². The van der Waals surface area contributed by atoms with Gasteiger partial charge < -0.3 is 5.11 Å². The molecule has 1 radical (unpaired) electrons. The lowest BCUT2D eigenvalue weighted by molar-refractivity contribution is 0.224. The van der Waals surface area contributed by atoms with Crippen LogP contribution in [0.2, 0.25) is 0 Å². The molecule has 1 heteroatoms. The van der Waals surface area contributed by atoms with Crippen LogP contribution in [0.25, 0.3) is 0 Å². The first-order valence-electron chi connectivity index (χ1n) is 2.28. The zero-order valence-corrected chi connectivity index (χ0v) is 4.31. The molecule has 0 saturated carbocycles. The van der Waals surface area contributed by atoms with E-state index >= 15 is 0 Å². The first kappa shape index (κ1) is 5.96. The highest BCUT2D eigenvalue weighted by Gasteiger charge is 1.87. The average Bonchev–Trinajstić information content (AvgIpc) is 1.35. The third kappa shape index (κ3) is 3.96. The van der Waals surface area contributed by atoms with E-state index in [2.05, 4.69) is 0 Å². The molecule has 0 aliphatic rings. The summed E-state index contributed by atoms with van der Waals surface area (Å²) in [6, 6.07) is 0. The molecule has 0 aliphatic carbocycles. The SMILES string of the molecule is CC[CH][C@H](C)O. The van der Waals surface area contributed by atoms with E-state index in [9.17, 15) is 0 Å². The van der Waals surface area contributed by atoms with E-state index in [1.165, 1.54) is 0 Å². The summed E-state index contributed by atoms with van der Waals surface area (Å²) in [5.41, 5.74) is 0. The molecule has 0 heterocycles. The van der Waals surface area contributed by atoms with Gasteiger partial charge in [-0.1, -0.05) is 13.3 Å². The molecule has 0 saturated heterocycles. The minimum atomic E-state index is -0.227. The molecule has 0 unspecified atom stereocenters. The maximum Gasteiger partial charge on any atom is 0.0543 e. The fourth-order valence-electron chi connectivity index (χ4n) is 0.341. The summed E-state index contributed by atoms with van der Waals surface area (Å²) in [4.78, 5) is 0. The van der Waals surface area contributed by atoms with E-state index in [4.69, 9.17) is 5.11 Å². The van der Waals surface area contributed by atoms with Crippen molar-refractivity contribution in [1.29, 1.82) is 0 Å². The predicted octanol–water partition coefficient (Wildman–Crippen LogP) is 0.981.